The van der Waals surface area contributed by atoms with E-state index in [-0.39, 0.29) is 24.1 Å². The molecule has 2 amide bonds. The molecular weight excluding hydrogens is 182 g/mol. The zero-order valence-electron chi connectivity index (χ0n) is 8.36. The van der Waals surface area contributed by atoms with Crippen LogP contribution in [0.3, 0.4) is 0 Å². The maximum atomic E-state index is 11.3. The highest BCUT2D eigenvalue weighted by molar-refractivity contribution is 6.02. The third kappa shape index (κ3) is 1.66. The number of nitrogens with zero attached hydrogens (tertiary/aromatic N) is 1. The molecule has 78 valence electrons. The Morgan fingerprint density at radius 3 is 2.57 bits per heavy atom. The first kappa shape index (κ1) is 9.65. The second-order valence-corrected chi connectivity index (χ2v) is 3.86. The molecule has 2 aliphatic rings. The summed E-state index contributed by atoms with van der Waals surface area (Å²) in [5.74, 6) is -0.141. The quantitative estimate of drug-likeness (QED) is 0.500. The Morgan fingerprint density at radius 1 is 1.36 bits per heavy atom. The third-order valence-electron chi connectivity index (χ3n) is 2.74. The van der Waals surface area contributed by atoms with Crippen LogP contribution < -0.4 is 0 Å². The summed E-state index contributed by atoms with van der Waals surface area (Å²) < 4.78 is 5.33. The number of ether oxygens (including phenoxy) is 1. The summed E-state index contributed by atoms with van der Waals surface area (Å²) in [6, 6.07) is 0. The Morgan fingerprint density at radius 2 is 2.00 bits per heavy atom. The van der Waals surface area contributed by atoms with E-state index in [2.05, 4.69) is 6.92 Å². The number of carbonyl (C=O) groups is 2. The molecule has 0 aromatic carbocycles. The maximum absolute atomic E-state index is 11.3. The van der Waals surface area contributed by atoms with Gasteiger partial charge in [-0.05, 0) is 6.42 Å². The summed E-state index contributed by atoms with van der Waals surface area (Å²) in [5, 5.41) is 0. The van der Waals surface area contributed by atoms with Crippen LogP contribution in [-0.2, 0) is 14.3 Å². The Balaban J connectivity index is 1.86. The molecule has 0 aliphatic carbocycles. The van der Waals surface area contributed by atoms with Crippen molar-refractivity contribution in [2.75, 3.05) is 0 Å². The minimum absolute atomic E-state index is 0.0704. The van der Waals surface area contributed by atoms with E-state index < -0.39 is 0 Å². The van der Waals surface area contributed by atoms with Crippen molar-refractivity contribution in [1.29, 1.82) is 0 Å². The average molecular weight is 197 g/mol. The molecule has 2 fully saturated rings. The van der Waals surface area contributed by atoms with Crippen LogP contribution in [0.2, 0.25) is 0 Å². The summed E-state index contributed by atoms with van der Waals surface area (Å²) >= 11 is 0. The second kappa shape index (κ2) is 3.69. The molecule has 2 heterocycles. The van der Waals surface area contributed by atoms with Gasteiger partial charge in [-0.15, -0.1) is 0 Å². The molecule has 0 radical (unpaired) electrons. The molecule has 14 heavy (non-hydrogen) atoms. The summed E-state index contributed by atoms with van der Waals surface area (Å²) in [6.07, 6.45) is 3.77. The van der Waals surface area contributed by atoms with Crippen molar-refractivity contribution in [1.82, 2.24) is 4.90 Å². The Labute approximate surface area is 83.2 Å². The van der Waals surface area contributed by atoms with Crippen LogP contribution in [0.15, 0.2) is 0 Å². The van der Waals surface area contributed by atoms with E-state index in [9.17, 15) is 9.59 Å². The number of carbonyl (C=O) groups excluding carboxylic acids is 2. The molecule has 0 spiro atoms. The van der Waals surface area contributed by atoms with Crippen molar-refractivity contribution in [3.05, 3.63) is 0 Å². The van der Waals surface area contributed by atoms with Crippen molar-refractivity contribution in [2.45, 2.75) is 51.4 Å². The highest BCUT2D eigenvalue weighted by Gasteiger charge is 2.49. The third-order valence-corrected chi connectivity index (χ3v) is 2.74. The van der Waals surface area contributed by atoms with Crippen LogP contribution in [0.4, 0.5) is 0 Å². The van der Waals surface area contributed by atoms with Gasteiger partial charge < -0.3 is 4.74 Å². The lowest BCUT2D eigenvalue weighted by Crippen LogP contribution is -2.33. The fraction of sp³-hybridized carbons (Fsp3) is 0.800. The first-order valence-electron chi connectivity index (χ1n) is 5.24. The average Bonchev–Trinajstić information content (AvgIpc) is 2.84. The number of imide groups is 1. The molecule has 0 aromatic rings. The van der Waals surface area contributed by atoms with E-state index >= 15 is 0 Å². The maximum Gasteiger partial charge on any atom is 0.231 e. The van der Waals surface area contributed by atoms with Gasteiger partial charge in [0.05, 0.1) is 0 Å². The lowest BCUT2D eigenvalue weighted by molar-refractivity contribution is -0.140. The number of unbranched alkanes of at least 4 members (excludes halogenated alkanes) is 1. The number of hydrogen-bond donors (Lipinski definition) is 0. The Hall–Kier alpha value is -0.900. The smallest absolute Gasteiger partial charge is 0.231 e. The zero-order valence-corrected chi connectivity index (χ0v) is 8.36. The van der Waals surface area contributed by atoms with Gasteiger partial charge in [-0.25, -0.2) is 0 Å². The van der Waals surface area contributed by atoms with Gasteiger partial charge in [0.25, 0.3) is 0 Å². The first-order chi connectivity index (χ1) is 6.74. The monoisotopic (exact) mass is 197 g/mol. The van der Waals surface area contributed by atoms with E-state index in [0.29, 0.717) is 12.8 Å². The molecule has 0 bridgehead atoms. The van der Waals surface area contributed by atoms with Gasteiger partial charge in [0, 0.05) is 12.8 Å². The van der Waals surface area contributed by atoms with Crippen LogP contribution in [0, 0.1) is 0 Å². The molecule has 2 aliphatic heterocycles. The minimum Gasteiger partial charge on any atom is -0.347 e. The van der Waals surface area contributed by atoms with Crippen LogP contribution in [0.5, 0.6) is 0 Å². The molecule has 0 aromatic heterocycles. The first-order valence-corrected chi connectivity index (χ1v) is 5.24. The fourth-order valence-corrected chi connectivity index (χ4v) is 1.85. The molecule has 2 unspecified atom stereocenters. The van der Waals surface area contributed by atoms with Crippen LogP contribution in [0.25, 0.3) is 0 Å². The predicted octanol–water partition coefficient (Wildman–Crippen LogP) is 1.05. The Bertz CT molecular complexity index is 248. The van der Waals surface area contributed by atoms with Crippen molar-refractivity contribution < 1.29 is 14.3 Å². The van der Waals surface area contributed by atoms with Gasteiger partial charge in [-0.2, -0.15) is 0 Å². The largest absolute Gasteiger partial charge is 0.347 e. The zero-order chi connectivity index (χ0) is 10.1. The van der Waals surface area contributed by atoms with E-state index in [1.54, 1.807) is 0 Å². The highest BCUT2D eigenvalue weighted by atomic mass is 16.6. The molecule has 2 saturated heterocycles. The molecule has 4 nitrogen and oxygen atoms in total. The fourth-order valence-electron chi connectivity index (χ4n) is 1.85. The van der Waals surface area contributed by atoms with Gasteiger partial charge in [-0.3, -0.25) is 14.5 Å². The Kier molecular flexibility index (Phi) is 2.54. The van der Waals surface area contributed by atoms with Crippen LogP contribution in [0.1, 0.15) is 39.0 Å². The number of amides is 2. The van der Waals surface area contributed by atoms with Gasteiger partial charge in [0.1, 0.15) is 6.10 Å². The van der Waals surface area contributed by atoms with Gasteiger partial charge in [-0.1, -0.05) is 19.8 Å². The number of epoxide rings is 1. The van der Waals surface area contributed by atoms with Crippen LogP contribution in [-0.4, -0.2) is 29.0 Å². The van der Waals surface area contributed by atoms with Crippen molar-refractivity contribution in [3.63, 3.8) is 0 Å². The summed E-state index contributed by atoms with van der Waals surface area (Å²) in [7, 11) is 0. The van der Waals surface area contributed by atoms with Crippen LogP contribution >= 0.6 is 0 Å². The summed E-state index contributed by atoms with van der Waals surface area (Å²) in [4.78, 5) is 23.9. The van der Waals surface area contributed by atoms with Gasteiger partial charge in [0.15, 0.2) is 6.23 Å². The highest BCUT2D eigenvalue weighted by Crippen LogP contribution is 2.33. The van der Waals surface area contributed by atoms with E-state index in [1.165, 1.54) is 4.90 Å². The molecule has 4 heteroatoms. The van der Waals surface area contributed by atoms with E-state index in [4.69, 9.17) is 4.74 Å². The predicted molar refractivity (Wildman–Crippen MR) is 49.3 cm³/mol. The van der Waals surface area contributed by atoms with Gasteiger partial charge >= 0.3 is 0 Å². The number of likely N-dealkylation sites (tertiary alicyclic amines) is 1. The van der Waals surface area contributed by atoms with Gasteiger partial charge in [0.2, 0.25) is 11.8 Å². The van der Waals surface area contributed by atoms with E-state index in [0.717, 1.165) is 19.3 Å². The topological polar surface area (TPSA) is 49.9 Å². The van der Waals surface area contributed by atoms with Crippen molar-refractivity contribution in [2.24, 2.45) is 0 Å². The number of rotatable bonds is 4. The lowest BCUT2D eigenvalue weighted by atomic mass is 10.2. The van der Waals surface area contributed by atoms with Crippen molar-refractivity contribution >= 4 is 11.8 Å². The second-order valence-electron chi connectivity index (χ2n) is 3.86. The SMILES string of the molecule is CCCCC1OC1N1C(=O)CCC1=O. The summed E-state index contributed by atoms with van der Waals surface area (Å²) in [5.41, 5.74) is 0. The molecule has 0 saturated carbocycles. The molecule has 2 rings (SSSR count). The molecular formula is C10H15NO3. The standard InChI is InChI=1S/C10H15NO3/c1-2-3-4-7-10(14-7)11-8(12)5-6-9(11)13/h7,10H,2-6H2,1H3. The summed E-state index contributed by atoms with van der Waals surface area (Å²) in [6.45, 7) is 2.11. The lowest BCUT2D eigenvalue weighted by Gasteiger charge is -2.09. The van der Waals surface area contributed by atoms with Crippen molar-refractivity contribution in [3.8, 4) is 0 Å². The number of hydrogen-bond acceptors (Lipinski definition) is 3. The molecule has 2 atom stereocenters. The van der Waals surface area contributed by atoms with E-state index in [1.807, 2.05) is 0 Å². The minimum atomic E-state index is -0.232. The molecule has 0 N–H and O–H groups in total. The normalized spacial score (nSPS) is 31.4.